The molecular weight excluding hydrogens is 404 g/mol. The summed E-state index contributed by atoms with van der Waals surface area (Å²) in [7, 11) is 0. The average Bonchev–Trinajstić information content (AvgIpc) is 3.33. The predicted octanol–water partition coefficient (Wildman–Crippen LogP) is 4.49. The lowest BCUT2D eigenvalue weighted by Gasteiger charge is -2.10. The van der Waals surface area contributed by atoms with E-state index in [4.69, 9.17) is 25.2 Å². The molecule has 9 heteroatoms. The van der Waals surface area contributed by atoms with Gasteiger partial charge in [-0.05, 0) is 37.3 Å². The van der Waals surface area contributed by atoms with Gasteiger partial charge in [-0.15, -0.1) is 11.3 Å². The molecule has 142 valence electrons. The van der Waals surface area contributed by atoms with Gasteiger partial charge in [-0.1, -0.05) is 11.6 Å². The molecule has 28 heavy (non-hydrogen) atoms. The fraction of sp³-hybridized carbons (Fsp3) is 0.105. The van der Waals surface area contributed by atoms with Crippen LogP contribution in [0, 0.1) is 6.92 Å². The van der Waals surface area contributed by atoms with Crippen LogP contribution in [0.5, 0.6) is 5.75 Å². The first kappa shape index (κ1) is 18.3. The largest absolute Gasteiger partial charge is 0.476 e. The number of anilines is 1. The zero-order valence-electron chi connectivity index (χ0n) is 14.5. The normalized spacial score (nSPS) is 10.9. The van der Waals surface area contributed by atoms with Crippen LogP contribution < -0.4 is 15.5 Å². The van der Waals surface area contributed by atoms with Crippen molar-refractivity contribution >= 4 is 44.9 Å². The molecule has 1 aromatic carbocycles. The minimum atomic E-state index is -0.453. The highest BCUT2D eigenvalue weighted by molar-refractivity contribution is 7.13. The average molecular weight is 417 g/mol. The van der Waals surface area contributed by atoms with Crippen LogP contribution >= 0.6 is 22.9 Å². The summed E-state index contributed by atoms with van der Waals surface area (Å²) in [6, 6.07) is 7.98. The van der Waals surface area contributed by atoms with Gasteiger partial charge in [0.15, 0.2) is 17.5 Å². The van der Waals surface area contributed by atoms with E-state index in [1.807, 2.05) is 12.3 Å². The number of nitrogens with zero attached hydrogens (tertiary/aromatic N) is 1. The van der Waals surface area contributed by atoms with E-state index >= 15 is 0 Å². The third-order valence-electron chi connectivity index (χ3n) is 3.77. The first-order chi connectivity index (χ1) is 13.5. The van der Waals surface area contributed by atoms with Crippen molar-refractivity contribution in [1.29, 1.82) is 0 Å². The quantitative estimate of drug-likeness (QED) is 0.515. The summed E-state index contributed by atoms with van der Waals surface area (Å²) in [5, 5.41) is 5.51. The van der Waals surface area contributed by atoms with Gasteiger partial charge in [0.25, 0.3) is 5.91 Å². The lowest BCUT2D eigenvalue weighted by atomic mass is 10.2. The first-order valence-corrected chi connectivity index (χ1v) is 9.42. The van der Waals surface area contributed by atoms with Crippen LogP contribution in [0.4, 0.5) is 5.13 Å². The third-order valence-corrected chi connectivity index (χ3v) is 4.88. The molecule has 1 N–H and O–H groups in total. The summed E-state index contributed by atoms with van der Waals surface area (Å²) >= 11 is 7.29. The number of rotatable bonds is 5. The molecule has 0 fully saturated rings. The van der Waals surface area contributed by atoms with E-state index in [0.29, 0.717) is 21.5 Å². The number of fused-ring (bicyclic) bond motifs is 1. The second kappa shape index (κ2) is 7.49. The van der Waals surface area contributed by atoms with Gasteiger partial charge in [0, 0.05) is 10.4 Å². The van der Waals surface area contributed by atoms with Crippen LogP contribution in [0.25, 0.3) is 22.5 Å². The highest BCUT2D eigenvalue weighted by Crippen LogP contribution is 2.32. The highest BCUT2D eigenvalue weighted by atomic mass is 35.5. The Balaban J connectivity index is 1.68. The van der Waals surface area contributed by atoms with Crippen LogP contribution in [0.3, 0.4) is 0 Å². The summed E-state index contributed by atoms with van der Waals surface area (Å²) in [6.45, 7) is 1.42. The van der Waals surface area contributed by atoms with Gasteiger partial charge >= 0.3 is 0 Å². The van der Waals surface area contributed by atoms with E-state index < -0.39 is 17.9 Å². The minimum absolute atomic E-state index is 0.0997. The Morgan fingerprint density at radius 1 is 1.36 bits per heavy atom. The topological polar surface area (TPSA) is 94.6 Å². The van der Waals surface area contributed by atoms with Crippen molar-refractivity contribution in [3.8, 4) is 17.3 Å². The molecule has 3 heterocycles. The molecule has 4 rings (SSSR count). The number of amides is 1. The van der Waals surface area contributed by atoms with Crippen LogP contribution in [0.2, 0.25) is 5.02 Å². The number of hydrogen-bond donors (Lipinski definition) is 1. The number of halogens is 1. The molecule has 7 nitrogen and oxygen atoms in total. The monoisotopic (exact) mass is 416 g/mol. The summed E-state index contributed by atoms with van der Waals surface area (Å²) < 4.78 is 16.7. The zero-order valence-corrected chi connectivity index (χ0v) is 16.1. The van der Waals surface area contributed by atoms with E-state index in [9.17, 15) is 9.59 Å². The molecule has 0 saturated heterocycles. The van der Waals surface area contributed by atoms with Crippen molar-refractivity contribution in [2.75, 3.05) is 11.9 Å². The predicted molar refractivity (Wildman–Crippen MR) is 106 cm³/mol. The number of furan rings is 1. The number of hydrogen-bond acceptors (Lipinski definition) is 7. The third kappa shape index (κ3) is 3.64. The SMILES string of the molecule is Cc1csc(NC(=O)COc2c(-c3ccco3)oc3ccc(Cl)cc3c2=O)n1. The Hall–Kier alpha value is -3.10. The fourth-order valence-corrected chi connectivity index (χ4v) is 3.43. The Morgan fingerprint density at radius 2 is 2.21 bits per heavy atom. The summed E-state index contributed by atoms with van der Waals surface area (Å²) in [4.78, 5) is 29.3. The standard InChI is InChI=1S/C19H13ClN2O5S/c1-10-9-28-19(21-10)22-15(23)8-26-18-16(24)12-7-11(20)4-5-13(12)27-17(18)14-3-2-6-25-14/h2-7,9H,8H2,1H3,(H,21,22,23). The Kier molecular flexibility index (Phi) is 4.89. The zero-order chi connectivity index (χ0) is 19.7. The van der Waals surface area contributed by atoms with Gasteiger partial charge in [-0.3, -0.25) is 14.9 Å². The maximum absolute atomic E-state index is 12.9. The lowest BCUT2D eigenvalue weighted by Crippen LogP contribution is -2.22. The molecule has 0 aliphatic rings. The van der Waals surface area contributed by atoms with E-state index in [-0.39, 0.29) is 16.9 Å². The molecule has 0 aliphatic heterocycles. The smallest absolute Gasteiger partial charge is 0.264 e. The van der Waals surface area contributed by atoms with Gasteiger partial charge in [0.05, 0.1) is 17.3 Å². The number of thiazole rings is 1. The minimum Gasteiger partial charge on any atom is -0.476 e. The van der Waals surface area contributed by atoms with Crippen molar-refractivity contribution < 1.29 is 18.4 Å². The Labute approximate surface area is 167 Å². The van der Waals surface area contributed by atoms with E-state index in [1.165, 1.54) is 23.7 Å². The van der Waals surface area contributed by atoms with Crippen LogP contribution in [-0.4, -0.2) is 17.5 Å². The first-order valence-electron chi connectivity index (χ1n) is 8.16. The molecule has 0 bridgehead atoms. The van der Waals surface area contributed by atoms with Crippen molar-refractivity contribution in [2.45, 2.75) is 6.92 Å². The molecule has 3 aromatic heterocycles. The summed E-state index contributed by atoms with van der Waals surface area (Å²) in [5.74, 6) is -0.178. The van der Waals surface area contributed by atoms with Gasteiger partial charge in [0.1, 0.15) is 5.58 Å². The molecule has 0 saturated carbocycles. The van der Waals surface area contributed by atoms with Crippen molar-refractivity contribution in [1.82, 2.24) is 4.98 Å². The molecule has 0 aliphatic carbocycles. The molecule has 0 atom stereocenters. The second-order valence-corrected chi connectivity index (χ2v) is 7.13. The molecule has 0 radical (unpaired) electrons. The number of benzene rings is 1. The van der Waals surface area contributed by atoms with Crippen molar-refractivity contribution in [2.24, 2.45) is 0 Å². The molecular formula is C19H13ClN2O5S. The number of carbonyl (C=O) groups excluding carboxylic acids is 1. The summed E-state index contributed by atoms with van der Waals surface area (Å²) in [6.07, 6.45) is 1.45. The van der Waals surface area contributed by atoms with Crippen LogP contribution in [-0.2, 0) is 4.79 Å². The lowest BCUT2D eigenvalue weighted by molar-refractivity contribution is -0.118. The highest BCUT2D eigenvalue weighted by Gasteiger charge is 2.21. The number of ether oxygens (including phenoxy) is 1. The summed E-state index contributed by atoms with van der Waals surface area (Å²) in [5.41, 5.74) is 0.678. The molecule has 0 spiro atoms. The van der Waals surface area contributed by atoms with Crippen LogP contribution in [0.15, 0.2) is 55.6 Å². The van der Waals surface area contributed by atoms with Crippen LogP contribution in [0.1, 0.15) is 5.69 Å². The van der Waals surface area contributed by atoms with Gasteiger partial charge in [-0.25, -0.2) is 4.98 Å². The molecule has 1 amide bonds. The second-order valence-electron chi connectivity index (χ2n) is 5.84. The van der Waals surface area contributed by atoms with Gasteiger partial charge < -0.3 is 13.6 Å². The maximum atomic E-state index is 12.9. The number of aromatic nitrogens is 1. The van der Waals surface area contributed by atoms with E-state index in [1.54, 1.807) is 24.3 Å². The number of carbonyl (C=O) groups is 1. The van der Waals surface area contributed by atoms with Crippen molar-refractivity contribution in [3.63, 3.8) is 0 Å². The van der Waals surface area contributed by atoms with Crippen molar-refractivity contribution in [3.05, 3.63) is 62.9 Å². The fourth-order valence-electron chi connectivity index (χ4n) is 2.56. The molecule has 4 aromatic rings. The Bertz CT molecular complexity index is 1210. The van der Waals surface area contributed by atoms with Gasteiger partial charge in [0.2, 0.25) is 16.9 Å². The Morgan fingerprint density at radius 3 is 2.93 bits per heavy atom. The maximum Gasteiger partial charge on any atom is 0.264 e. The number of aryl methyl sites for hydroxylation is 1. The molecule has 0 unspecified atom stereocenters. The van der Waals surface area contributed by atoms with E-state index in [2.05, 4.69) is 10.3 Å². The van der Waals surface area contributed by atoms with E-state index in [0.717, 1.165) is 5.69 Å². The van der Waals surface area contributed by atoms with Gasteiger partial charge in [-0.2, -0.15) is 0 Å². The number of nitrogens with one attached hydrogen (secondary N) is 1.